The maximum atomic E-state index is 14.3. The number of aromatic amines is 1. The van der Waals surface area contributed by atoms with Crippen LogP contribution in [0.15, 0.2) is 35.4 Å². The van der Waals surface area contributed by atoms with Gasteiger partial charge >= 0.3 is 0 Å². The third-order valence-electron chi connectivity index (χ3n) is 5.10. The van der Waals surface area contributed by atoms with Gasteiger partial charge in [0.15, 0.2) is 17.2 Å². The predicted octanol–water partition coefficient (Wildman–Crippen LogP) is 2.13. The summed E-state index contributed by atoms with van der Waals surface area (Å²) in [6.45, 7) is 0.854. The number of aromatic nitrogens is 3. The van der Waals surface area contributed by atoms with Gasteiger partial charge in [0.25, 0.3) is 5.91 Å². The molecule has 0 aliphatic carbocycles. The lowest BCUT2D eigenvalue weighted by Crippen LogP contribution is -2.39. The fourth-order valence-electron chi connectivity index (χ4n) is 3.79. The average Bonchev–Trinajstić information content (AvgIpc) is 3.03. The number of aromatic hydroxyl groups is 1. The van der Waals surface area contributed by atoms with Gasteiger partial charge in [-0.15, -0.1) is 0 Å². The number of likely N-dealkylation sites (tertiary alicyclic amines) is 1. The highest BCUT2D eigenvalue weighted by atomic mass is 19.1. The van der Waals surface area contributed by atoms with Crippen LogP contribution >= 0.6 is 0 Å². The number of rotatable bonds is 2. The molecule has 3 heterocycles. The molecule has 1 aromatic carbocycles. The Morgan fingerprint density at radius 1 is 1.41 bits per heavy atom. The Bertz CT molecular complexity index is 1090. The first-order valence-corrected chi connectivity index (χ1v) is 8.76. The SMILES string of the molecule is Cn1cnc2[nH]c(=O)cc(C(=O)N3CCCC(c4cccc(O)c4F)C3)c21. The Morgan fingerprint density at radius 2 is 2.22 bits per heavy atom. The van der Waals surface area contributed by atoms with Crippen molar-refractivity contribution >= 4 is 17.1 Å². The summed E-state index contributed by atoms with van der Waals surface area (Å²) in [5, 5.41) is 9.64. The van der Waals surface area contributed by atoms with Gasteiger partial charge in [-0.1, -0.05) is 12.1 Å². The fourth-order valence-corrected chi connectivity index (χ4v) is 3.79. The molecule has 1 saturated heterocycles. The summed E-state index contributed by atoms with van der Waals surface area (Å²) >= 11 is 0. The van der Waals surface area contributed by atoms with E-state index in [0.717, 1.165) is 6.42 Å². The van der Waals surface area contributed by atoms with Crippen LogP contribution < -0.4 is 5.56 Å². The van der Waals surface area contributed by atoms with Crippen molar-refractivity contribution < 1.29 is 14.3 Å². The molecule has 0 bridgehead atoms. The van der Waals surface area contributed by atoms with Crippen molar-refractivity contribution in [3.63, 3.8) is 0 Å². The van der Waals surface area contributed by atoms with Crippen LogP contribution in [0.1, 0.15) is 34.7 Å². The Labute approximate surface area is 154 Å². The minimum atomic E-state index is -0.637. The lowest BCUT2D eigenvalue weighted by atomic mass is 9.89. The lowest BCUT2D eigenvalue weighted by Gasteiger charge is -2.33. The van der Waals surface area contributed by atoms with Gasteiger partial charge in [-0.3, -0.25) is 9.59 Å². The number of imidazole rings is 1. The molecule has 4 rings (SSSR count). The number of halogens is 1. The van der Waals surface area contributed by atoms with Crippen LogP contribution in [0.25, 0.3) is 11.2 Å². The molecule has 1 atom stereocenters. The molecule has 8 heteroatoms. The van der Waals surface area contributed by atoms with Crippen molar-refractivity contribution in [2.24, 2.45) is 7.05 Å². The second-order valence-corrected chi connectivity index (χ2v) is 6.87. The minimum Gasteiger partial charge on any atom is -0.505 e. The number of phenolic OH excluding ortho intramolecular Hbond substituents is 1. The molecule has 27 heavy (non-hydrogen) atoms. The van der Waals surface area contributed by atoms with Crippen molar-refractivity contribution in [1.29, 1.82) is 0 Å². The number of pyridine rings is 1. The van der Waals surface area contributed by atoms with Crippen molar-refractivity contribution in [3.8, 4) is 5.75 Å². The van der Waals surface area contributed by atoms with Crippen molar-refractivity contribution in [1.82, 2.24) is 19.4 Å². The van der Waals surface area contributed by atoms with Crippen LogP contribution in [-0.4, -0.2) is 43.5 Å². The fraction of sp³-hybridized carbons (Fsp3) is 0.316. The Morgan fingerprint density at radius 3 is 3.04 bits per heavy atom. The number of carbonyl (C=O) groups is 1. The smallest absolute Gasteiger partial charge is 0.256 e. The van der Waals surface area contributed by atoms with E-state index in [0.29, 0.717) is 36.2 Å². The van der Waals surface area contributed by atoms with Gasteiger partial charge in [-0.2, -0.15) is 0 Å². The van der Waals surface area contributed by atoms with Gasteiger partial charge in [0, 0.05) is 32.1 Å². The summed E-state index contributed by atoms with van der Waals surface area (Å²) < 4.78 is 16.0. The zero-order valence-corrected chi connectivity index (χ0v) is 14.8. The summed E-state index contributed by atoms with van der Waals surface area (Å²) in [6, 6.07) is 5.83. The standard InChI is InChI=1S/C19H19FN4O3/c1-23-10-21-18-17(23)13(8-15(26)22-18)19(27)24-7-3-4-11(9-24)12-5-2-6-14(25)16(12)20/h2,5-6,8,10-11,25H,3-4,7,9H2,1H3,(H,22,26). The lowest BCUT2D eigenvalue weighted by molar-refractivity contribution is 0.0707. The van der Waals surface area contributed by atoms with E-state index in [-0.39, 0.29) is 23.1 Å². The van der Waals surface area contributed by atoms with Gasteiger partial charge in [-0.05, 0) is 24.5 Å². The number of piperidine rings is 1. The van der Waals surface area contributed by atoms with Gasteiger partial charge in [0.1, 0.15) is 0 Å². The number of aryl methyl sites for hydroxylation is 1. The molecule has 2 aromatic heterocycles. The quantitative estimate of drug-likeness (QED) is 0.723. The number of nitrogens with zero attached hydrogens (tertiary/aromatic N) is 3. The van der Waals surface area contributed by atoms with E-state index in [2.05, 4.69) is 9.97 Å². The first-order chi connectivity index (χ1) is 13.0. The Balaban J connectivity index is 1.68. The maximum absolute atomic E-state index is 14.3. The van der Waals surface area contributed by atoms with Crippen molar-refractivity contribution in [2.45, 2.75) is 18.8 Å². The van der Waals surface area contributed by atoms with Gasteiger partial charge in [0.2, 0.25) is 5.56 Å². The van der Waals surface area contributed by atoms with Crippen LogP contribution in [0.5, 0.6) is 5.75 Å². The highest BCUT2D eigenvalue weighted by molar-refractivity contribution is 6.04. The molecule has 1 aliphatic rings. The van der Waals surface area contributed by atoms with Crippen LogP contribution in [0.2, 0.25) is 0 Å². The van der Waals surface area contributed by atoms with Gasteiger partial charge in [0.05, 0.1) is 17.4 Å². The third kappa shape index (κ3) is 2.97. The summed E-state index contributed by atoms with van der Waals surface area (Å²) in [5.74, 6) is -1.51. The van der Waals surface area contributed by atoms with Crippen LogP contribution in [-0.2, 0) is 7.05 Å². The van der Waals surface area contributed by atoms with E-state index in [1.807, 2.05) is 0 Å². The first-order valence-electron chi connectivity index (χ1n) is 8.76. The zero-order valence-electron chi connectivity index (χ0n) is 14.8. The van der Waals surface area contributed by atoms with Crippen LogP contribution in [0, 0.1) is 5.82 Å². The number of nitrogens with one attached hydrogen (secondary N) is 1. The first kappa shape index (κ1) is 17.3. The molecule has 0 radical (unpaired) electrons. The molecule has 1 fully saturated rings. The second kappa shape index (κ2) is 6.53. The molecule has 3 aromatic rings. The van der Waals surface area contributed by atoms with Crippen molar-refractivity contribution in [3.05, 3.63) is 57.9 Å². The molecule has 0 spiro atoms. The molecular formula is C19H19FN4O3. The molecule has 1 unspecified atom stereocenters. The summed E-state index contributed by atoms with van der Waals surface area (Å²) in [6.07, 6.45) is 2.97. The van der Waals surface area contributed by atoms with E-state index in [9.17, 15) is 19.1 Å². The maximum Gasteiger partial charge on any atom is 0.256 e. The average molecular weight is 370 g/mol. The summed E-state index contributed by atoms with van der Waals surface area (Å²) in [7, 11) is 1.76. The number of phenols is 1. The van der Waals surface area contributed by atoms with Crippen LogP contribution in [0.3, 0.4) is 0 Å². The van der Waals surface area contributed by atoms with E-state index in [1.54, 1.807) is 35.0 Å². The molecule has 2 N–H and O–H groups in total. The number of hydrogen-bond acceptors (Lipinski definition) is 4. The largest absolute Gasteiger partial charge is 0.505 e. The topological polar surface area (TPSA) is 91.2 Å². The highest BCUT2D eigenvalue weighted by Gasteiger charge is 2.29. The molecule has 0 saturated carbocycles. The number of fused-ring (bicyclic) bond motifs is 1. The third-order valence-corrected chi connectivity index (χ3v) is 5.10. The molecule has 7 nitrogen and oxygen atoms in total. The number of hydrogen-bond donors (Lipinski definition) is 2. The van der Waals surface area contributed by atoms with E-state index < -0.39 is 11.4 Å². The normalized spacial score (nSPS) is 17.4. The Hall–Kier alpha value is -3.16. The van der Waals surface area contributed by atoms with E-state index >= 15 is 0 Å². The summed E-state index contributed by atoms with van der Waals surface area (Å²) in [4.78, 5) is 33.4. The number of carbonyl (C=O) groups excluding carboxylic acids is 1. The number of H-pyrrole nitrogens is 1. The minimum absolute atomic E-state index is 0.209. The van der Waals surface area contributed by atoms with Crippen LogP contribution in [0.4, 0.5) is 4.39 Å². The van der Waals surface area contributed by atoms with Gasteiger partial charge in [-0.25, -0.2) is 9.37 Å². The molecule has 140 valence electrons. The van der Waals surface area contributed by atoms with E-state index in [1.165, 1.54) is 12.1 Å². The molecular weight excluding hydrogens is 351 g/mol. The van der Waals surface area contributed by atoms with E-state index in [4.69, 9.17) is 0 Å². The monoisotopic (exact) mass is 370 g/mol. The predicted molar refractivity (Wildman–Crippen MR) is 97.3 cm³/mol. The summed E-state index contributed by atoms with van der Waals surface area (Å²) in [5.41, 5.74) is 1.22. The Kier molecular flexibility index (Phi) is 4.18. The van der Waals surface area contributed by atoms with Crippen molar-refractivity contribution in [2.75, 3.05) is 13.1 Å². The highest BCUT2D eigenvalue weighted by Crippen LogP contribution is 2.32. The number of benzene rings is 1. The molecule has 1 aliphatic heterocycles. The van der Waals surface area contributed by atoms with Gasteiger partial charge < -0.3 is 19.6 Å². The molecule has 1 amide bonds. The second-order valence-electron chi connectivity index (χ2n) is 6.87. The zero-order chi connectivity index (χ0) is 19.1. The number of amides is 1.